The van der Waals surface area contributed by atoms with E-state index in [0.29, 0.717) is 19.7 Å². The van der Waals surface area contributed by atoms with Crippen LogP contribution in [0.3, 0.4) is 0 Å². The van der Waals surface area contributed by atoms with Crippen LogP contribution >= 0.6 is 0 Å². The van der Waals surface area contributed by atoms with Crippen molar-refractivity contribution in [2.45, 2.75) is 39.7 Å². The molecule has 1 rings (SSSR count). The molecule has 2 amide bonds. The second-order valence-electron chi connectivity index (χ2n) is 6.27. The molecule has 20 heavy (non-hydrogen) atoms. The van der Waals surface area contributed by atoms with E-state index in [-0.39, 0.29) is 11.9 Å². The van der Waals surface area contributed by atoms with Crippen LogP contribution in [0.25, 0.3) is 0 Å². The summed E-state index contributed by atoms with van der Waals surface area (Å²) in [7, 11) is 1.62. The van der Waals surface area contributed by atoms with Crippen molar-refractivity contribution in [3.8, 4) is 0 Å². The molecule has 2 atom stereocenters. The maximum absolute atomic E-state index is 12.2. The fraction of sp³-hybridized carbons (Fsp3) is 0.857. The molecule has 0 radical (unpaired) electrons. The maximum Gasteiger partial charge on any atom is 0.327 e. The summed E-state index contributed by atoms with van der Waals surface area (Å²) >= 11 is 0. The first kappa shape index (κ1) is 16.8. The first-order chi connectivity index (χ1) is 9.29. The minimum absolute atomic E-state index is 0.199. The van der Waals surface area contributed by atoms with Gasteiger partial charge in [0, 0.05) is 20.2 Å². The van der Waals surface area contributed by atoms with Gasteiger partial charge in [0.15, 0.2) is 0 Å². The number of carboxylic acid groups (broad SMARTS) is 1. The summed E-state index contributed by atoms with van der Waals surface area (Å²) in [6.07, 6.45) is 1.64. The van der Waals surface area contributed by atoms with Gasteiger partial charge in [-0.05, 0) is 24.2 Å². The summed E-state index contributed by atoms with van der Waals surface area (Å²) in [5.41, 5.74) is -0.403. The van der Waals surface area contributed by atoms with E-state index in [1.165, 1.54) is 4.90 Å². The van der Waals surface area contributed by atoms with Gasteiger partial charge in [-0.3, -0.25) is 0 Å². The molecular weight excluding hydrogens is 260 g/mol. The second-order valence-corrected chi connectivity index (χ2v) is 6.27. The maximum atomic E-state index is 12.2. The number of urea groups is 1. The normalized spacial score (nSPS) is 23.2. The molecular formula is C14H26N2O4. The number of aliphatic carboxylic acids is 1. The number of hydrogen-bond acceptors (Lipinski definition) is 3. The van der Waals surface area contributed by atoms with Gasteiger partial charge in [-0.25, -0.2) is 9.59 Å². The van der Waals surface area contributed by atoms with Gasteiger partial charge in [0.05, 0.1) is 6.61 Å². The average Bonchev–Trinajstić information content (AvgIpc) is 2.34. The van der Waals surface area contributed by atoms with Crippen molar-refractivity contribution in [2.24, 2.45) is 11.3 Å². The van der Waals surface area contributed by atoms with Crippen molar-refractivity contribution in [3.05, 3.63) is 0 Å². The van der Waals surface area contributed by atoms with Crippen LogP contribution in [0, 0.1) is 11.3 Å². The number of carbonyl (C=O) groups excluding carboxylic acids is 1. The third-order valence-corrected chi connectivity index (χ3v) is 3.82. The van der Waals surface area contributed by atoms with Gasteiger partial charge >= 0.3 is 12.0 Å². The number of nitrogens with one attached hydrogen (secondary N) is 1. The van der Waals surface area contributed by atoms with Gasteiger partial charge in [0.1, 0.15) is 6.04 Å². The molecule has 0 bridgehead atoms. The van der Waals surface area contributed by atoms with E-state index in [0.717, 1.165) is 12.8 Å². The standard InChI is InChI=1S/C14H26N2O4/c1-10(9-20-4)8-15-13(19)16-7-5-6-14(2,3)11(16)12(17)18/h10-11H,5-9H2,1-4H3,(H,15,19)(H,17,18). The van der Waals surface area contributed by atoms with Crippen molar-refractivity contribution in [3.63, 3.8) is 0 Å². The Hall–Kier alpha value is -1.30. The van der Waals surface area contributed by atoms with Crippen molar-refractivity contribution in [1.29, 1.82) is 0 Å². The third kappa shape index (κ3) is 4.10. The Kier molecular flexibility index (Phi) is 5.80. The van der Waals surface area contributed by atoms with Gasteiger partial charge < -0.3 is 20.1 Å². The molecule has 6 nitrogen and oxygen atoms in total. The highest BCUT2D eigenvalue weighted by molar-refractivity contribution is 5.83. The van der Waals surface area contributed by atoms with Crippen molar-refractivity contribution in [2.75, 3.05) is 26.8 Å². The Labute approximate surface area is 120 Å². The lowest BCUT2D eigenvalue weighted by Gasteiger charge is -2.43. The number of methoxy groups -OCH3 is 1. The largest absolute Gasteiger partial charge is 0.480 e. The Bertz CT molecular complexity index is 357. The average molecular weight is 286 g/mol. The van der Waals surface area contributed by atoms with Crippen LogP contribution in [0.15, 0.2) is 0 Å². The fourth-order valence-corrected chi connectivity index (χ4v) is 2.79. The molecule has 0 aromatic rings. The SMILES string of the molecule is COCC(C)CNC(=O)N1CCCC(C)(C)C1C(=O)O. The van der Waals surface area contributed by atoms with Crippen LogP contribution in [0.1, 0.15) is 33.6 Å². The Morgan fingerprint density at radius 2 is 2.15 bits per heavy atom. The first-order valence-electron chi connectivity index (χ1n) is 7.06. The number of carbonyl (C=O) groups is 2. The lowest BCUT2D eigenvalue weighted by Crippen LogP contribution is -2.59. The van der Waals surface area contributed by atoms with E-state index in [9.17, 15) is 14.7 Å². The molecule has 0 saturated carbocycles. The minimum atomic E-state index is -0.935. The number of rotatable bonds is 5. The number of ether oxygens (including phenoxy) is 1. The lowest BCUT2D eigenvalue weighted by molar-refractivity contribution is -0.148. The van der Waals surface area contributed by atoms with Crippen LogP contribution in [-0.2, 0) is 9.53 Å². The highest BCUT2D eigenvalue weighted by atomic mass is 16.5. The highest BCUT2D eigenvalue weighted by Gasteiger charge is 2.44. The van der Waals surface area contributed by atoms with Crippen LogP contribution in [0.2, 0.25) is 0 Å². The molecule has 1 saturated heterocycles. The predicted molar refractivity (Wildman–Crippen MR) is 75.6 cm³/mol. The van der Waals surface area contributed by atoms with Gasteiger partial charge in [-0.1, -0.05) is 20.8 Å². The van der Waals surface area contributed by atoms with Gasteiger partial charge in [-0.15, -0.1) is 0 Å². The van der Waals surface area contributed by atoms with Crippen LogP contribution < -0.4 is 5.32 Å². The molecule has 1 heterocycles. The smallest absolute Gasteiger partial charge is 0.327 e. The number of nitrogens with zero attached hydrogens (tertiary/aromatic N) is 1. The summed E-state index contributed by atoms with van der Waals surface area (Å²) in [6.45, 7) is 7.31. The molecule has 1 aliphatic rings. The first-order valence-corrected chi connectivity index (χ1v) is 7.06. The minimum Gasteiger partial charge on any atom is -0.480 e. The molecule has 0 aliphatic carbocycles. The third-order valence-electron chi connectivity index (χ3n) is 3.82. The van der Waals surface area contributed by atoms with E-state index in [2.05, 4.69) is 5.32 Å². The van der Waals surface area contributed by atoms with E-state index in [1.807, 2.05) is 20.8 Å². The number of hydrogen-bond donors (Lipinski definition) is 2. The molecule has 1 fully saturated rings. The van der Waals surface area contributed by atoms with Gasteiger partial charge in [0.25, 0.3) is 0 Å². The number of carboxylic acids is 1. The lowest BCUT2D eigenvalue weighted by atomic mass is 9.76. The summed E-state index contributed by atoms with van der Waals surface area (Å²) in [5, 5.41) is 12.2. The monoisotopic (exact) mass is 286 g/mol. The Balaban J connectivity index is 2.67. The van der Waals surface area contributed by atoms with Crippen molar-refractivity contribution >= 4 is 12.0 Å². The van der Waals surface area contributed by atoms with Crippen LogP contribution in [0.5, 0.6) is 0 Å². The summed E-state index contributed by atoms with van der Waals surface area (Å²) in [4.78, 5) is 25.2. The van der Waals surface area contributed by atoms with Crippen LogP contribution in [-0.4, -0.2) is 54.9 Å². The van der Waals surface area contributed by atoms with E-state index >= 15 is 0 Å². The zero-order valence-electron chi connectivity index (χ0n) is 12.8. The highest BCUT2D eigenvalue weighted by Crippen LogP contribution is 2.35. The zero-order valence-corrected chi connectivity index (χ0v) is 12.8. The molecule has 1 aliphatic heterocycles. The molecule has 0 aromatic heterocycles. The van der Waals surface area contributed by atoms with Crippen LogP contribution in [0.4, 0.5) is 4.79 Å². The van der Waals surface area contributed by atoms with E-state index < -0.39 is 17.4 Å². The molecule has 0 aromatic carbocycles. The molecule has 0 spiro atoms. The summed E-state index contributed by atoms with van der Waals surface area (Å²) < 4.78 is 5.01. The number of likely N-dealkylation sites (tertiary alicyclic amines) is 1. The Morgan fingerprint density at radius 1 is 1.50 bits per heavy atom. The Morgan fingerprint density at radius 3 is 2.70 bits per heavy atom. The zero-order chi connectivity index (χ0) is 15.3. The number of amides is 2. The second kappa shape index (κ2) is 6.92. The van der Waals surface area contributed by atoms with Crippen molar-refractivity contribution in [1.82, 2.24) is 10.2 Å². The van der Waals surface area contributed by atoms with E-state index in [1.54, 1.807) is 7.11 Å². The number of piperidine rings is 1. The van der Waals surface area contributed by atoms with E-state index in [4.69, 9.17) is 4.74 Å². The molecule has 2 unspecified atom stereocenters. The fourth-order valence-electron chi connectivity index (χ4n) is 2.79. The molecule has 6 heteroatoms. The molecule has 2 N–H and O–H groups in total. The molecule has 116 valence electrons. The topological polar surface area (TPSA) is 78.9 Å². The summed E-state index contributed by atoms with van der Waals surface area (Å²) in [5.74, 6) is -0.736. The quantitative estimate of drug-likeness (QED) is 0.804. The summed E-state index contributed by atoms with van der Waals surface area (Å²) in [6, 6.07) is -1.07. The van der Waals surface area contributed by atoms with Gasteiger partial charge in [0.2, 0.25) is 0 Å². The van der Waals surface area contributed by atoms with Gasteiger partial charge in [-0.2, -0.15) is 0 Å². The predicted octanol–water partition coefficient (Wildman–Crippen LogP) is 1.55. The van der Waals surface area contributed by atoms with Crippen molar-refractivity contribution < 1.29 is 19.4 Å².